The van der Waals surface area contributed by atoms with Gasteiger partial charge < -0.3 is 14.0 Å². The van der Waals surface area contributed by atoms with Gasteiger partial charge in [0.15, 0.2) is 11.5 Å². The van der Waals surface area contributed by atoms with Gasteiger partial charge in [-0.2, -0.15) is 18.2 Å². The maximum Gasteiger partial charge on any atom is 0.434 e. The molecule has 8 nitrogen and oxygen atoms in total. The molecule has 0 unspecified atom stereocenters. The number of aromatic nitrogens is 6. The normalized spacial score (nSPS) is 13.6. The van der Waals surface area contributed by atoms with E-state index >= 15 is 0 Å². The molecule has 1 aliphatic carbocycles. The van der Waals surface area contributed by atoms with E-state index in [0.717, 1.165) is 29.3 Å². The minimum absolute atomic E-state index is 0.0284. The summed E-state index contributed by atoms with van der Waals surface area (Å²) < 4.78 is 66.2. The lowest BCUT2D eigenvalue weighted by Crippen LogP contribution is -2.05. The van der Waals surface area contributed by atoms with Crippen LogP contribution in [0.1, 0.15) is 41.4 Å². The number of ether oxygens (including phenoxy) is 2. The fraction of sp³-hybridized carbons (Fsp3) is 0.320. The first-order valence-corrected chi connectivity index (χ1v) is 11.4. The molecule has 0 radical (unpaired) electrons. The monoisotopic (exact) mass is 514 g/mol. The predicted octanol–water partition coefficient (Wildman–Crippen LogP) is 5.27. The standard InChI is InChI=1S/C25H22F4N6O2/c1-13-8-19(34-22(32-13)20-21(15-5-6-15)30-12-31-24(20)36-3)37-11-14-4-7-16(17(26)9-14)23-33-18(10-35(23)2)25(27,28)29/h4,7-10,12,15H,5-6,11H2,1-3H3. The third-order valence-electron chi connectivity index (χ3n) is 5.88. The zero-order chi connectivity index (χ0) is 26.3. The van der Waals surface area contributed by atoms with Crippen LogP contribution in [0, 0.1) is 12.7 Å². The van der Waals surface area contributed by atoms with E-state index in [-0.39, 0.29) is 23.9 Å². The number of alkyl halides is 3. The van der Waals surface area contributed by atoms with Gasteiger partial charge in [0.05, 0.1) is 18.4 Å². The molecule has 0 atom stereocenters. The van der Waals surface area contributed by atoms with Crippen molar-refractivity contribution < 1.29 is 27.0 Å². The summed E-state index contributed by atoms with van der Waals surface area (Å²) in [5.74, 6) is 0.453. The highest BCUT2D eigenvalue weighted by Crippen LogP contribution is 2.45. The topological polar surface area (TPSA) is 87.8 Å². The predicted molar refractivity (Wildman–Crippen MR) is 124 cm³/mol. The van der Waals surface area contributed by atoms with Crippen LogP contribution in [0.25, 0.3) is 22.8 Å². The van der Waals surface area contributed by atoms with Crippen molar-refractivity contribution in [3.05, 3.63) is 65.3 Å². The van der Waals surface area contributed by atoms with Crippen LogP contribution in [0.5, 0.6) is 11.8 Å². The minimum atomic E-state index is -4.62. The molecular weight excluding hydrogens is 492 g/mol. The van der Waals surface area contributed by atoms with Gasteiger partial charge in [0.25, 0.3) is 0 Å². The Labute approximate surface area is 209 Å². The molecule has 0 aliphatic heterocycles. The summed E-state index contributed by atoms with van der Waals surface area (Å²) in [5, 5.41) is 0. The Morgan fingerprint density at radius 3 is 2.51 bits per heavy atom. The van der Waals surface area contributed by atoms with Crippen molar-refractivity contribution in [2.75, 3.05) is 7.11 Å². The number of hydrogen-bond acceptors (Lipinski definition) is 7. The summed E-state index contributed by atoms with van der Waals surface area (Å²) in [6, 6.07) is 5.79. The third kappa shape index (κ3) is 5.09. The van der Waals surface area contributed by atoms with Crippen LogP contribution in [-0.2, 0) is 19.8 Å². The Kier molecular flexibility index (Phi) is 6.26. The Hall–Kier alpha value is -4.09. The van der Waals surface area contributed by atoms with Crippen molar-refractivity contribution in [1.29, 1.82) is 0 Å². The molecule has 3 heterocycles. The molecule has 12 heteroatoms. The van der Waals surface area contributed by atoms with E-state index in [1.807, 2.05) is 0 Å². The Morgan fingerprint density at radius 2 is 1.86 bits per heavy atom. The molecule has 4 aromatic rings. The van der Waals surface area contributed by atoms with Crippen molar-refractivity contribution in [2.45, 2.75) is 38.5 Å². The zero-order valence-electron chi connectivity index (χ0n) is 20.2. The second-order valence-electron chi connectivity index (χ2n) is 8.75. The number of benzene rings is 1. The van der Waals surface area contributed by atoms with Gasteiger partial charge in [-0.25, -0.2) is 24.3 Å². The quantitative estimate of drug-likeness (QED) is 0.311. The van der Waals surface area contributed by atoms with Gasteiger partial charge in [-0.05, 0) is 37.5 Å². The average molecular weight is 514 g/mol. The smallest absolute Gasteiger partial charge is 0.434 e. The second-order valence-corrected chi connectivity index (χ2v) is 8.75. The number of nitrogens with zero attached hydrogens (tertiary/aromatic N) is 6. The molecule has 1 aliphatic rings. The summed E-state index contributed by atoms with van der Waals surface area (Å²) in [4.78, 5) is 21.2. The molecule has 5 rings (SSSR count). The van der Waals surface area contributed by atoms with Crippen molar-refractivity contribution in [1.82, 2.24) is 29.5 Å². The SMILES string of the molecule is COc1ncnc(C2CC2)c1-c1nc(C)cc(OCc2ccc(-c3nc(C(F)(F)F)cn3C)c(F)c2)n1. The van der Waals surface area contributed by atoms with Gasteiger partial charge >= 0.3 is 6.18 Å². The van der Waals surface area contributed by atoms with E-state index in [2.05, 4.69) is 24.9 Å². The van der Waals surface area contributed by atoms with Gasteiger partial charge in [-0.1, -0.05) is 6.07 Å². The molecular formula is C25H22F4N6O2. The fourth-order valence-corrected chi connectivity index (χ4v) is 3.98. The summed E-state index contributed by atoms with van der Waals surface area (Å²) in [7, 11) is 2.90. The Morgan fingerprint density at radius 1 is 1.08 bits per heavy atom. The van der Waals surface area contributed by atoms with E-state index < -0.39 is 17.7 Å². The molecule has 3 aromatic heterocycles. The number of aryl methyl sites for hydroxylation is 2. The van der Waals surface area contributed by atoms with Crippen LogP contribution in [0.3, 0.4) is 0 Å². The first-order valence-electron chi connectivity index (χ1n) is 11.4. The van der Waals surface area contributed by atoms with E-state index in [4.69, 9.17) is 9.47 Å². The highest BCUT2D eigenvalue weighted by atomic mass is 19.4. The van der Waals surface area contributed by atoms with Crippen LogP contribution < -0.4 is 9.47 Å². The molecule has 0 N–H and O–H groups in total. The Balaban J connectivity index is 1.38. The highest BCUT2D eigenvalue weighted by molar-refractivity contribution is 5.66. The van der Waals surface area contributed by atoms with E-state index in [9.17, 15) is 17.6 Å². The fourth-order valence-electron chi connectivity index (χ4n) is 3.98. The van der Waals surface area contributed by atoms with Gasteiger partial charge in [-0.3, -0.25) is 0 Å². The van der Waals surface area contributed by atoms with Crippen LogP contribution in [0.2, 0.25) is 0 Å². The zero-order valence-corrected chi connectivity index (χ0v) is 20.2. The highest BCUT2D eigenvalue weighted by Gasteiger charge is 2.35. The number of methoxy groups -OCH3 is 1. The number of hydrogen-bond donors (Lipinski definition) is 0. The summed E-state index contributed by atoms with van der Waals surface area (Å²) in [5.41, 5.74) is 1.41. The van der Waals surface area contributed by atoms with Crippen molar-refractivity contribution >= 4 is 0 Å². The van der Waals surface area contributed by atoms with Crippen molar-refractivity contribution in [2.24, 2.45) is 7.05 Å². The largest absolute Gasteiger partial charge is 0.480 e. The van der Waals surface area contributed by atoms with Gasteiger partial charge in [0.1, 0.15) is 30.1 Å². The lowest BCUT2D eigenvalue weighted by Gasteiger charge is -2.13. The molecule has 0 spiro atoms. The maximum atomic E-state index is 14.9. The summed E-state index contributed by atoms with van der Waals surface area (Å²) in [6.45, 7) is 1.76. The second kappa shape index (κ2) is 9.41. The molecule has 1 saturated carbocycles. The molecule has 0 bridgehead atoms. The average Bonchev–Trinajstić information content (AvgIpc) is 3.62. The number of imidazole rings is 1. The van der Waals surface area contributed by atoms with E-state index in [0.29, 0.717) is 34.4 Å². The molecule has 1 fully saturated rings. The summed E-state index contributed by atoms with van der Waals surface area (Å²) in [6.07, 6.45) is -0.317. The van der Waals surface area contributed by atoms with E-state index in [1.165, 1.54) is 32.6 Å². The Bertz CT molecular complexity index is 1470. The molecule has 192 valence electrons. The number of rotatable bonds is 7. The van der Waals surface area contributed by atoms with Crippen LogP contribution in [-0.4, -0.2) is 36.6 Å². The third-order valence-corrected chi connectivity index (χ3v) is 5.88. The summed E-state index contributed by atoms with van der Waals surface area (Å²) >= 11 is 0. The van der Waals surface area contributed by atoms with Gasteiger partial charge in [0, 0.05) is 30.9 Å². The molecule has 1 aromatic carbocycles. The first kappa shape index (κ1) is 24.6. The van der Waals surface area contributed by atoms with Crippen LogP contribution in [0.15, 0.2) is 36.8 Å². The first-order chi connectivity index (χ1) is 17.6. The minimum Gasteiger partial charge on any atom is -0.480 e. The lowest BCUT2D eigenvalue weighted by atomic mass is 10.1. The van der Waals surface area contributed by atoms with Crippen LogP contribution >= 0.6 is 0 Å². The molecule has 37 heavy (non-hydrogen) atoms. The molecule has 0 amide bonds. The van der Waals surface area contributed by atoms with Gasteiger partial charge in [-0.15, -0.1) is 0 Å². The maximum absolute atomic E-state index is 14.9. The van der Waals surface area contributed by atoms with E-state index in [1.54, 1.807) is 19.1 Å². The number of halogens is 4. The lowest BCUT2D eigenvalue weighted by molar-refractivity contribution is -0.140. The molecule has 0 saturated heterocycles. The van der Waals surface area contributed by atoms with Gasteiger partial charge in [0.2, 0.25) is 11.8 Å². The van der Waals surface area contributed by atoms with Crippen molar-refractivity contribution in [3.8, 4) is 34.5 Å². The van der Waals surface area contributed by atoms with Crippen LogP contribution in [0.4, 0.5) is 17.6 Å². The van der Waals surface area contributed by atoms with Crippen molar-refractivity contribution in [3.63, 3.8) is 0 Å².